The summed E-state index contributed by atoms with van der Waals surface area (Å²) >= 11 is 0. The zero-order valence-corrected chi connectivity index (χ0v) is 11.0. The van der Waals surface area contributed by atoms with Gasteiger partial charge in [0.2, 0.25) is 0 Å². The van der Waals surface area contributed by atoms with Crippen molar-refractivity contribution in [2.75, 3.05) is 11.9 Å². The summed E-state index contributed by atoms with van der Waals surface area (Å²) in [6.45, 7) is 0.331. The topological polar surface area (TPSA) is 42.2 Å². The Hall–Kier alpha value is -1.16. The minimum Gasteiger partial charge on any atom is -0.356 e. The van der Waals surface area contributed by atoms with Crippen LogP contribution < -0.4 is 10.6 Å². The number of hydrogen-bond acceptors (Lipinski definition) is 3. The number of aromatic nitrogens is 1. The number of nitrogens with zero attached hydrogens (tertiary/aromatic N) is 2. The van der Waals surface area contributed by atoms with Gasteiger partial charge < -0.3 is 10.6 Å². The molecule has 4 heteroatoms. The first-order valence-corrected chi connectivity index (χ1v) is 6.79. The molecule has 0 spiro atoms. The van der Waals surface area contributed by atoms with Crippen LogP contribution in [0.2, 0.25) is 0 Å². The average molecular weight is 251 g/mol. The third-order valence-corrected chi connectivity index (χ3v) is 3.84. The quantitative estimate of drug-likeness (QED) is 0.840. The van der Waals surface area contributed by atoms with Crippen molar-refractivity contribution in [3.05, 3.63) is 23.6 Å². The molecular formula is C14H22FN3. The minimum atomic E-state index is -0.312. The third kappa shape index (κ3) is 2.99. The summed E-state index contributed by atoms with van der Waals surface area (Å²) in [5, 5.41) is 0. The molecule has 1 aliphatic carbocycles. The van der Waals surface area contributed by atoms with Crippen LogP contribution in [-0.4, -0.2) is 18.1 Å². The van der Waals surface area contributed by atoms with E-state index in [0.717, 1.165) is 11.4 Å². The first kappa shape index (κ1) is 13.3. The number of halogens is 1. The van der Waals surface area contributed by atoms with Crippen LogP contribution in [0.15, 0.2) is 12.3 Å². The van der Waals surface area contributed by atoms with Crippen LogP contribution in [0.25, 0.3) is 0 Å². The molecule has 1 aromatic rings. The molecule has 0 unspecified atom stereocenters. The Balaban J connectivity index is 2.18. The molecule has 0 radical (unpaired) electrons. The molecule has 1 saturated carbocycles. The molecule has 0 aliphatic heterocycles. The van der Waals surface area contributed by atoms with Crippen molar-refractivity contribution in [3.8, 4) is 0 Å². The first-order chi connectivity index (χ1) is 8.72. The van der Waals surface area contributed by atoms with E-state index in [2.05, 4.69) is 16.9 Å². The van der Waals surface area contributed by atoms with Gasteiger partial charge in [0.1, 0.15) is 11.6 Å². The lowest BCUT2D eigenvalue weighted by Gasteiger charge is -2.29. The Labute approximate surface area is 108 Å². The average Bonchev–Trinajstić information content (AvgIpc) is 2.66. The molecule has 18 heavy (non-hydrogen) atoms. The van der Waals surface area contributed by atoms with Gasteiger partial charge in [0.05, 0.1) is 6.20 Å². The van der Waals surface area contributed by atoms with Gasteiger partial charge in [-0.15, -0.1) is 0 Å². The van der Waals surface area contributed by atoms with Crippen molar-refractivity contribution in [2.24, 2.45) is 5.73 Å². The van der Waals surface area contributed by atoms with E-state index in [1.807, 2.05) is 0 Å². The summed E-state index contributed by atoms with van der Waals surface area (Å²) in [6, 6.07) is 2.01. The highest BCUT2D eigenvalue weighted by atomic mass is 19.1. The molecule has 100 valence electrons. The molecule has 3 nitrogen and oxygen atoms in total. The molecule has 0 aromatic carbocycles. The number of anilines is 1. The van der Waals surface area contributed by atoms with Crippen molar-refractivity contribution >= 4 is 5.82 Å². The Bertz CT molecular complexity index is 387. The molecule has 0 saturated heterocycles. The molecule has 0 amide bonds. The second-order valence-electron chi connectivity index (χ2n) is 5.10. The maximum absolute atomic E-state index is 13.2. The van der Waals surface area contributed by atoms with Crippen LogP contribution in [0, 0.1) is 5.82 Å². The van der Waals surface area contributed by atoms with Crippen molar-refractivity contribution in [3.63, 3.8) is 0 Å². The Morgan fingerprint density at radius 2 is 2.00 bits per heavy atom. The summed E-state index contributed by atoms with van der Waals surface area (Å²) in [4.78, 5) is 6.41. The largest absolute Gasteiger partial charge is 0.356 e. The highest BCUT2D eigenvalue weighted by Crippen LogP contribution is 2.26. The van der Waals surface area contributed by atoms with Gasteiger partial charge in [-0.2, -0.15) is 0 Å². The van der Waals surface area contributed by atoms with Crippen molar-refractivity contribution < 1.29 is 4.39 Å². The summed E-state index contributed by atoms with van der Waals surface area (Å²) in [5.74, 6) is 0.527. The van der Waals surface area contributed by atoms with E-state index in [-0.39, 0.29) is 5.82 Å². The molecule has 2 N–H and O–H groups in total. The normalized spacial score (nSPS) is 17.5. The SMILES string of the molecule is CN(c1ncc(F)cc1CN)C1CCCCCC1. The monoisotopic (exact) mass is 251 g/mol. The fourth-order valence-electron chi connectivity index (χ4n) is 2.76. The summed E-state index contributed by atoms with van der Waals surface area (Å²) in [6.07, 6.45) is 8.86. The van der Waals surface area contributed by atoms with Crippen molar-refractivity contribution in [2.45, 2.75) is 51.1 Å². The van der Waals surface area contributed by atoms with Crippen LogP contribution in [0.4, 0.5) is 10.2 Å². The van der Waals surface area contributed by atoms with E-state index in [0.29, 0.717) is 12.6 Å². The van der Waals surface area contributed by atoms with Crippen molar-refractivity contribution in [1.29, 1.82) is 0 Å². The number of rotatable bonds is 3. The van der Waals surface area contributed by atoms with Crippen LogP contribution in [-0.2, 0) is 6.54 Å². The Kier molecular flexibility index (Phi) is 4.53. The van der Waals surface area contributed by atoms with Crippen LogP contribution in [0.1, 0.15) is 44.1 Å². The van der Waals surface area contributed by atoms with Gasteiger partial charge >= 0.3 is 0 Å². The van der Waals surface area contributed by atoms with Crippen LogP contribution >= 0.6 is 0 Å². The highest BCUT2D eigenvalue weighted by molar-refractivity contribution is 5.47. The summed E-state index contributed by atoms with van der Waals surface area (Å²) in [5.41, 5.74) is 6.48. The Morgan fingerprint density at radius 3 is 2.61 bits per heavy atom. The fraction of sp³-hybridized carbons (Fsp3) is 0.643. The van der Waals surface area contributed by atoms with E-state index in [4.69, 9.17) is 5.73 Å². The summed E-state index contributed by atoms with van der Waals surface area (Å²) in [7, 11) is 2.05. The molecule has 1 aliphatic rings. The first-order valence-electron chi connectivity index (χ1n) is 6.79. The molecule has 1 fully saturated rings. The lowest BCUT2D eigenvalue weighted by atomic mass is 10.1. The zero-order chi connectivity index (χ0) is 13.0. The lowest BCUT2D eigenvalue weighted by Crippen LogP contribution is -2.33. The van der Waals surface area contributed by atoms with Crippen LogP contribution in [0.3, 0.4) is 0 Å². The van der Waals surface area contributed by atoms with Gasteiger partial charge in [-0.3, -0.25) is 0 Å². The van der Waals surface area contributed by atoms with Gasteiger partial charge in [-0.05, 0) is 18.9 Å². The second-order valence-corrected chi connectivity index (χ2v) is 5.10. The molecular weight excluding hydrogens is 229 g/mol. The maximum atomic E-state index is 13.2. The van der Waals surface area contributed by atoms with Gasteiger partial charge in [0, 0.05) is 25.2 Å². The van der Waals surface area contributed by atoms with E-state index in [1.54, 1.807) is 0 Å². The minimum absolute atomic E-state index is 0.312. The fourth-order valence-corrected chi connectivity index (χ4v) is 2.76. The third-order valence-electron chi connectivity index (χ3n) is 3.84. The van der Waals surface area contributed by atoms with Gasteiger partial charge in [-0.1, -0.05) is 25.7 Å². The van der Waals surface area contributed by atoms with E-state index >= 15 is 0 Å². The standard InChI is InChI=1S/C14H22FN3/c1-18(13-6-4-2-3-5-7-13)14-11(9-16)8-12(15)10-17-14/h8,10,13H,2-7,9,16H2,1H3. The molecule has 1 aromatic heterocycles. The summed E-state index contributed by atoms with van der Waals surface area (Å²) < 4.78 is 13.2. The van der Waals surface area contributed by atoms with Gasteiger partial charge in [0.25, 0.3) is 0 Å². The highest BCUT2D eigenvalue weighted by Gasteiger charge is 2.20. The smallest absolute Gasteiger partial charge is 0.141 e. The van der Waals surface area contributed by atoms with Crippen LogP contribution in [0.5, 0.6) is 0 Å². The van der Waals surface area contributed by atoms with Crippen molar-refractivity contribution in [1.82, 2.24) is 4.98 Å². The molecule has 0 bridgehead atoms. The van der Waals surface area contributed by atoms with Gasteiger partial charge in [0.15, 0.2) is 0 Å². The number of pyridine rings is 1. The number of nitrogens with two attached hydrogens (primary N) is 1. The second kappa shape index (κ2) is 6.14. The van der Waals surface area contributed by atoms with E-state index in [9.17, 15) is 4.39 Å². The molecule has 1 heterocycles. The molecule has 2 rings (SSSR count). The predicted octanol–water partition coefficient (Wildman–Crippen LogP) is 2.84. The lowest BCUT2D eigenvalue weighted by molar-refractivity contribution is 0.545. The predicted molar refractivity (Wildman–Crippen MR) is 72.0 cm³/mol. The van der Waals surface area contributed by atoms with E-state index < -0.39 is 0 Å². The number of hydrogen-bond donors (Lipinski definition) is 1. The maximum Gasteiger partial charge on any atom is 0.141 e. The van der Waals surface area contributed by atoms with E-state index in [1.165, 1.54) is 50.8 Å². The Morgan fingerprint density at radius 1 is 1.33 bits per heavy atom. The van der Waals surface area contributed by atoms with Gasteiger partial charge in [-0.25, -0.2) is 9.37 Å². The molecule has 0 atom stereocenters. The zero-order valence-electron chi connectivity index (χ0n) is 11.0.